The number of aryl methyl sites for hydroxylation is 1. The minimum atomic E-state index is -0.218. The molecule has 0 saturated carbocycles. The predicted molar refractivity (Wildman–Crippen MR) is 107 cm³/mol. The van der Waals surface area contributed by atoms with Crippen molar-refractivity contribution in [3.8, 4) is 0 Å². The summed E-state index contributed by atoms with van der Waals surface area (Å²) in [7, 11) is 0. The summed E-state index contributed by atoms with van der Waals surface area (Å²) in [6, 6.07) is 6.72. The molecule has 6 heteroatoms. The molecule has 0 atom stereocenters. The Kier molecular flexibility index (Phi) is 6.29. The number of aromatic nitrogens is 1. The van der Waals surface area contributed by atoms with Crippen molar-refractivity contribution in [3.05, 3.63) is 58.2 Å². The van der Waals surface area contributed by atoms with E-state index < -0.39 is 0 Å². The summed E-state index contributed by atoms with van der Waals surface area (Å²) in [5.41, 5.74) is 3.80. The van der Waals surface area contributed by atoms with Crippen molar-refractivity contribution in [2.75, 3.05) is 13.1 Å². The van der Waals surface area contributed by atoms with E-state index in [1.165, 1.54) is 19.1 Å². The van der Waals surface area contributed by atoms with Crippen LogP contribution in [0.1, 0.15) is 64.4 Å². The van der Waals surface area contributed by atoms with Crippen molar-refractivity contribution in [1.82, 2.24) is 15.2 Å². The number of carbonyl (C=O) groups excluding carboxylic acids is 2. The normalized spacial score (nSPS) is 15.6. The Morgan fingerprint density at radius 2 is 1.86 bits per heavy atom. The fourth-order valence-electron chi connectivity index (χ4n) is 4.04. The molecule has 5 nitrogen and oxygen atoms in total. The molecule has 1 aromatic heterocycles. The van der Waals surface area contributed by atoms with Crippen LogP contribution >= 0.6 is 0 Å². The second-order valence-electron chi connectivity index (χ2n) is 7.54. The highest BCUT2D eigenvalue weighted by Gasteiger charge is 2.25. The van der Waals surface area contributed by atoms with Gasteiger partial charge >= 0.3 is 0 Å². The lowest BCUT2D eigenvalue weighted by Gasteiger charge is -2.32. The van der Waals surface area contributed by atoms with Crippen LogP contribution in [0.15, 0.2) is 24.3 Å². The minimum absolute atomic E-state index is 0.0150. The maximum atomic E-state index is 13.0. The molecule has 150 valence electrons. The van der Waals surface area contributed by atoms with Crippen molar-refractivity contribution in [2.45, 2.75) is 52.6 Å². The van der Waals surface area contributed by atoms with Crippen LogP contribution < -0.4 is 5.32 Å². The smallest absolute Gasteiger partial charge is 0.268 e. The van der Waals surface area contributed by atoms with Gasteiger partial charge in [-0.3, -0.25) is 14.5 Å². The number of amides is 1. The zero-order valence-electron chi connectivity index (χ0n) is 16.8. The lowest BCUT2D eigenvalue weighted by molar-refractivity contribution is 0.0903. The number of benzene rings is 1. The molecule has 2 heterocycles. The largest absolute Gasteiger partial charge is 0.354 e. The number of ketones is 1. The van der Waals surface area contributed by atoms with E-state index in [9.17, 15) is 14.0 Å². The number of hydrogen-bond acceptors (Lipinski definition) is 3. The summed E-state index contributed by atoms with van der Waals surface area (Å²) in [4.78, 5) is 30.1. The fourth-order valence-corrected chi connectivity index (χ4v) is 4.04. The van der Waals surface area contributed by atoms with Gasteiger partial charge in [0.25, 0.3) is 5.91 Å². The van der Waals surface area contributed by atoms with Crippen LogP contribution in [0.3, 0.4) is 0 Å². The van der Waals surface area contributed by atoms with E-state index in [0.29, 0.717) is 17.7 Å². The number of hydrogen-bond donors (Lipinski definition) is 2. The van der Waals surface area contributed by atoms with E-state index in [1.807, 2.05) is 26.0 Å². The molecule has 1 aliphatic rings. The van der Waals surface area contributed by atoms with Crippen molar-refractivity contribution in [3.63, 3.8) is 0 Å². The van der Waals surface area contributed by atoms with E-state index >= 15 is 0 Å². The Labute approximate surface area is 165 Å². The van der Waals surface area contributed by atoms with Crippen LogP contribution in [0, 0.1) is 12.7 Å². The molecule has 0 bridgehead atoms. The number of nitrogens with zero attached hydrogens (tertiary/aromatic N) is 1. The minimum Gasteiger partial charge on any atom is -0.354 e. The van der Waals surface area contributed by atoms with Crippen LogP contribution in [0.2, 0.25) is 0 Å². The number of aromatic amines is 1. The molecule has 0 spiro atoms. The fraction of sp³-hybridized carbons (Fsp3) is 0.455. The first-order valence-corrected chi connectivity index (χ1v) is 9.89. The number of Topliss-reactive ketones (excluding diaryl/α,β-unsaturated/α-hetero) is 1. The molecule has 1 fully saturated rings. The van der Waals surface area contributed by atoms with Crippen LogP contribution in [0.25, 0.3) is 0 Å². The predicted octanol–water partition coefficient (Wildman–Crippen LogP) is 3.62. The first-order valence-electron chi connectivity index (χ1n) is 9.89. The topological polar surface area (TPSA) is 65.2 Å². The van der Waals surface area contributed by atoms with E-state index in [4.69, 9.17) is 0 Å². The van der Waals surface area contributed by atoms with E-state index in [1.54, 1.807) is 0 Å². The number of piperidine rings is 1. The Hall–Kier alpha value is -2.47. The number of carbonyl (C=O) groups is 2. The highest BCUT2D eigenvalue weighted by atomic mass is 19.1. The Morgan fingerprint density at radius 1 is 1.21 bits per heavy atom. The van der Waals surface area contributed by atoms with Crippen molar-refractivity contribution in [2.24, 2.45) is 0 Å². The van der Waals surface area contributed by atoms with Gasteiger partial charge in [0.15, 0.2) is 5.78 Å². The van der Waals surface area contributed by atoms with Crippen LogP contribution in [-0.4, -0.2) is 40.7 Å². The SMILES string of the molecule is CCc1c(C(=O)NC2CCN(Cc3ccc(F)cc3)CC2)[nH]c(C)c1C(C)=O. The summed E-state index contributed by atoms with van der Waals surface area (Å²) >= 11 is 0. The lowest BCUT2D eigenvalue weighted by atomic mass is 10.0. The van der Waals surface area contributed by atoms with Gasteiger partial charge in [-0.1, -0.05) is 19.1 Å². The summed E-state index contributed by atoms with van der Waals surface area (Å²) in [5.74, 6) is -0.368. The second kappa shape index (κ2) is 8.69. The molecule has 2 N–H and O–H groups in total. The molecule has 2 aromatic rings. The highest BCUT2D eigenvalue weighted by molar-refractivity contribution is 6.02. The molecule has 28 heavy (non-hydrogen) atoms. The third-order valence-corrected chi connectivity index (χ3v) is 5.47. The third-order valence-electron chi connectivity index (χ3n) is 5.47. The monoisotopic (exact) mass is 385 g/mol. The summed E-state index contributed by atoms with van der Waals surface area (Å²) in [6.45, 7) is 7.88. The Bertz CT molecular complexity index is 849. The van der Waals surface area contributed by atoms with E-state index in [-0.39, 0.29) is 23.5 Å². The van der Waals surface area contributed by atoms with Gasteiger partial charge in [0.05, 0.1) is 0 Å². The van der Waals surface area contributed by atoms with Gasteiger partial charge in [-0.25, -0.2) is 4.39 Å². The molecule has 1 aliphatic heterocycles. The molecule has 1 aromatic carbocycles. The summed E-state index contributed by atoms with van der Waals surface area (Å²) in [5, 5.41) is 3.12. The number of halogens is 1. The Balaban J connectivity index is 1.57. The third kappa shape index (κ3) is 4.50. The molecular formula is C22H28FN3O2. The maximum absolute atomic E-state index is 13.0. The first kappa shape index (κ1) is 20.3. The zero-order chi connectivity index (χ0) is 20.3. The van der Waals surface area contributed by atoms with Gasteiger partial charge in [-0.15, -0.1) is 0 Å². The molecule has 0 aliphatic carbocycles. The quantitative estimate of drug-likeness (QED) is 0.747. The lowest BCUT2D eigenvalue weighted by Crippen LogP contribution is -2.44. The number of likely N-dealkylation sites (tertiary alicyclic amines) is 1. The van der Waals surface area contributed by atoms with Gasteiger partial charge in [0.1, 0.15) is 11.5 Å². The summed E-state index contributed by atoms with van der Waals surface area (Å²) < 4.78 is 13.0. The van der Waals surface area contributed by atoms with Crippen molar-refractivity contribution in [1.29, 1.82) is 0 Å². The average molecular weight is 385 g/mol. The van der Waals surface area contributed by atoms with Gasteiger partial charge in [-0.2, -0.15) is 0 Å². The summed E-state index contributed by atoms with van der Waals surface area (Å²) in [6.07, 6.45) is 2.37. The van der Waals surface area contributed by atoms with Crippen LogP contribution in [0.5, 0.6) is 0 Å². The molecule has 0 unspecified atom stereocenters. The van der Waals surface area contributed by atoms with Gasteiger partial charge in [0, 0.05) is 36.9 Å². The van der Waals surface area contributed by atoms with Crippen molar-refractivity contribution < 1.29 is 14.0 Å². The molecule has 1 saturated heterocycles. The average Bonchev–Trinajstić information content (AvgIpc) is 3.02. The number of H-pyrrole nitrogens is 1. The molecule has 3 rings (SSSR count). The highest BCUT2D eigenvalue weighted by Crippen LogP contribution is 2.21. The standard InChI is InChI=1S/C22H28FN3O2/c1-4-19-20(15(3)27)14(2)24-21(19)22(28)25-18-9-11-26(12-10-18)13-16-5-7-17(23)8-6-16/h5-8,18,24H,4,9-13H2,1-3H3,(H,25,28). The second-order valence-corrected chi connectivity index (χ2v) is 7.54. The number of nitrogens with one attached hydrogen (secondary N) is 2. The van der Waals surface area contributed by atoms with Crippen LogP contribution in [-0.2, 0) is 13.0 Å². The first-order chi connectivity index (χ1) is 13.4. The van der Waals surface area contributed by atoms with Crippen LogP contribution in [0.4, 0.5) is 4.39 Å². The molecule has 0 radical (unpaired) electrons. The maximum Gasteiger partial charge on any atom is 0.268 e. The van der Waals surface area contributed by atoms with E-state index in [2.05, 4.69) is 15.2 Å². The van der Waals surface area contributed by atoms with E-state index in [0.717, 1.165) is 49.3 Å². The Morgan fingerprint density at radius 3 is 2.43 bits per heavy atom. The van der Waals surface area contributed by atoms with Gasteiger partial charge < -0.3 is 10.3 Å². The molecular weight excluding hydrogens is 357 g/mol. The zero-order valence-corrected chi connectivity index (χ0v) is 16.8. The van der Waals surface area contributed by atoms with Gasteiger partial charge in [0.2, 0.25) is 0 Å². The van der Waals surface area contributed by atoms with Crippen molar-refractivity contribution >= 4 is 11.7 Å². The van der Waals surface area contributed by atoms with Gasteiger partial charge in [-0.05, 0) is 56.4 Å². The number of rotatable bonds is 6. The molecule has 1 amide bonds.